The molecule has 2 aliphatic rings. The van der Waals surface area contributed by atoms with Crippen molar-refractivity contribution in [1.82, 2.24) is 15.2 Å². The predicted molar refractivity (Wildman–Crippen MR) is 94.2 cm³/mol. The van der Waals surface area contributed by atoms with E-state index < -0.39 is 35.7 Å². The van der Waals surface area contributed by atoms with Gasteiger partial charge in [-0.15, -0.1) is 10.2 Å². The van der Waals surface area contributed by atoms with Gasteiger partial charge in [0.25, 0.3) is 0 Å². The Kier molecular flexibility index (Phi) is 4.81. The Balaban J connectivity index is 1.49. The number of hydrogen-bond acceptors (Lipinski definition) is 6. The van der Waals surface area contributed by atoms with Gasteiger partial charge in [0.05, 0.1) is 18.5 Å². The van der Waals surface area contributed by atoms with Gasteiger partial charge < -0.3 is 4.90 Å². The van der Waals surface area contributed by atoms with Crippen molar-refractivity contribution < 1.29 is 18.0 Å². The lowest BCUT2D eigenvalue weighted by Crippen LogP contribution is -2.48. The zero-order valence-corrected chi connectivity index (χ0v) is 15.0. The fourth-order valence-corrected chi connectivity index (χ4v) is 4.10. The molecule has 27 heavy (non-hydrogen) atoms. The maximum absolute atomic E-state index is 14.7. The number of hydrogen-bond donors (Lipinski definition) is 0. The zero-order chi connectivity index (χ0) is 19.0. The number of amides is 1. The van der Waals surface area contributed by atoms with Crippen LogP contribution in [0.25, 0.3) is 0 Å². The topological polar surface area (TPSA) is 61.7 Å². The molecule has 1 aromatic carbocycles. The van der Waals surface area contributed by atoms with Crippen LogP contribution in [-0.2, 0) is 4.79 Å². The summed E-state index contributed by atoms with van der Waals surface area (Å²) in [6.07, 6.45) is 0.746. The molecule has 6 nitrogen and oxygen atoms in total. The molecule has 0 saturated carbocycles. The van der Waals surface area contributed by atoms with Crippen LogP contribution < -0.4 is 4.90 Å². The quantitative estimate of drug-likeness (QED) is 0.802. The van der Waals surface area contributed by atoms with Crippen molar-refractivity contribution in [2.75, 3.05) is 18.0 Å². The number of rotatable bonds is 3. The lowest BCUT2D eigenvalue weighted by molar-refractivity contribution is -0.140. The molecule has 4 rings (SSSR count). The van der Waals surface area contributed by atoms with Gasteiger partial charge in [0.15, 0.2) is 0 Å². The summed E-state index contributed by atoms with van der Waals surface area (Å²) in [7, 11) is 0. The Hall–Kier alpha value is -2.49. The van der Waals surface area contributed by atoms with Crippen molar-refractivity contribution in [3.8, 4) is 0 Å². The van der Waals surface area contributed by atoms with E-state index >= 15 is 0 Å². The van der Waals surface area contributed by atoms with Crippen molar-refractivity contribution >= 4 is 28.6 Å². The molecule has 2 aliphatic heterocycles. The lowest BCUT2D eigenvalue weighted by atomic mass is 9.93. The fraction of sp³-hybridized carbons (Fsp3) is 0.412. The molecule has 3 heterocycles. The number of halogens is 3. The molecule has 0 unspecified atom stereocenters. The highest BCUT2D eigenvalue weighted by molar-refractivity contribution is 7.13. The summed E-state index contributed by atoms with van der Waals surface area (Å²) < 4.78 is 41.8. The summed E-state index contributed by atoms with van der Waals surface area (Å²) in [4.78, 5) is 14.7. The molecule has 3 atom stereocenters. The summed E-state index contributed by atoms with van der Waals surface area (Å²) in [5.74, 6) is -2.77. The summed E-state index contributed by atoms with van der Waals surface area (Å²) in [6.45, 7) is 0.519. The van der Waals surface area contributed by atoms with E-state index in [-0.39, 0.29) is 6.54 Å². The highest BCUT2D eigenvalue weighted by Crippen LogP contribution is 2.34. The summed E-state index contributed by atoms with van der Waals surface area (Å²) in [6, 6.07) is 2.49. The van der Waals surface area contributed by atoms with E-state index in [9.17, 15) is 18.0 Å². The molecule has 0 spiro atoms. The number of aromatic nitrogens is 2. The Morgan fingerprint density at radius 2 is 2.00 bits per heavy atom. The van der Waals surface area contributed by atoms with Gasteiger partial charge in [0.2, 0.25) is 11.0 Å². The third-order valence-electron chi connectivity index (χ3n) is 4.80. The molecule has 0 radical (unpaired) electrons. The molecule has 1 fully saturated rings. The second-order valence-corrected chi connectivity index (χ2v) is 7.33. The molecule has 1 aromatic heterocycles. The van der Waals surface area contributed by atoms with Crippen LogP contribution in [0.5, 0.6) is 0 Å². The maximum Gasteiger partial charge on any atom is 0.249 e. The first-order valence-corrected chi connectivity index (χ1v) is 9.37. The number of piperidine rings is 1. The zero-order valence-electron chi connectivity index (χ0n) is 14.1. The van der Waals surface area contributed by atoms with Crippen LogP contribution in [0.4, 0.5) is 18.3 Å². The summed E-state index contributed by atoms with van der Waals surface area (Å²) in [5.41, 5.74) is 1.88. The van der Waals surface area contributed by atoms with Crippen LogP contribution >= 0.6 is 11.3 Å². The first-order valence-electron chi connectivity index (χ1n) is 8.49. The molecular formula is C17H16F3N5OS. The van der Waals surface area contributed by atoms with E-state index in [0.29, 0.717) is 30.1 Å². The molecular weight excluding hydrogens is 379 g/mol. The van der Waals surface area contributed by atoms with Gasteiger partial charge in [0, 0.05) is 25.2 Å². The second-order valence-electron chi connectivity index (χ2n) is 6.51. The predicted octanol–water partition coefficient (Wildman–Crippen LogP) is 2.94. The number of alkyl halides is 1. The summed E-state index contributed by atoms with van der Waals surface area (Å²) >= 11 is 1.31. The highest BCUT2D eigenvalue weighted by Gasteiger charge is 2.40. The van der Waals surface area contributed by atoms with E-state index in [1.54, 1.807) is 10.4 Å². The first kappa shape index (κ1) is 17.9. The normalized spacial score (nSPS) is 25.2. The van der Waals surface area contributed by atoms with E-state index in [1.807, 2.05) is 0 Å². The summed E-state index contributed by atoms with van der Waals surface area (Å²) in [5, 5.41) is 13.5. The molecule has 0 bridgehead atoms. The Bertz CT molecular complexity index is 842. The van der Waals surface area contributed by atoms with E-state index in [2.05, 4.69) is 15.3 Å². The minimum Gasteiger partial charge on any atom is -0.344 e. The number of nitrogens with zero attached hydrogens (tertiary/aromatic N) is 5. The Morgan fingerprint density at radius 3 is 2.67 bits per heavy atom. The lowest BCUT2D eigenvalue weighted by Gasteiger charge is -2.35. The van der Waals surface area contributed by atoms with Crippen LogP contribution in [-0.4, -0.2) is 46.6 Å². The third kappa shape index (κ3) is 3.53. The SMILES string of the molecule is O=C([C@@H]1CCN(c2nncs2)C[C@@H]1F)N1N=CC[C@H]1c1cc(F)cc(F)c1. The smallest absolute Gasteiger partial charge is 0.249 e. The monoisotopic (exact) mass is 395 g/mol. The van der Waals surface area contributed by atoms with Crippen molar-refractivity contribution in [3.63, 3.8) is 0 Å². The number of anilines is 1. The van der Waals surface area contributed by atoms with E-state index in [1.165, 1.54) is 29.7 Å². The second kappa shape index (κ2) is 7.26. The molecule has 2 aromatic rings. The van der Waals surface area contributed by atoms with Crippen LogP contribution in [0.2, 0.25) is 0 Å². The van der Waals surface area contributed by atoms with E-state index in [4.69, 9.17) is 0 Å². The standard InChI is InChI=1S/C17H16F3N5OS/c18-11-5-10(6-12(19)7-11)15-1-3-22-25(15)16(26)13-2-4-24(8-14(13)20)17-23-21-9-27-17/h3,5-7,9,13-15H,1-2,4,8H2/t13-,14+,15+/m1/s1. The number of carbonyl (C=O) groups is 1. The van der Waals surface area contributed by atoms with Gasteiger partial charge in [-0.25, -0.2) is 18.2 Å². The molecule has 0 aliphatic carbocycles. The number of benzene rings is 1. The minimum atomic E-state index is -1.39. The van der Waals surface area contributed by atoms with Crippen LogP contribution in [0, 0.1) is 17.6 Å². The van der Waals surface area contributed by atoms with Crippen molar-refractivity contribution in [3.05, 3.63) is 40.9 Å². The molecule has 142 valence electrons. The van der Waals surface area contributed by atoms with Crippen LogP contribution in [0.15, 0.2) is 28.8 Å². The average molecular weight is 395 g/mol. The minimum absolute atomic E-state index is 0.0441. The first-order chi connectivity index (χ1) is 13.0. The Labute approximate surface area is 157 Å². The Morgan fingerprint density at radius 1 is 1.22 bits per heavy atom. The van der Waals surface area contributed by atoms with E-state index in [0.717, 1.165) is 11.1 Å². The van der Waals surface area contributed by atoms with Gasteiger partial charge in [-0.1, -0.05) is 11.3 Å². The molecule has 1 saturated heterocycles. The van der Waals surface area contributed by atoms with Gasteiger partial charge in [-0.3, -0.25) is 4.79 Å². The molecule has 0 N–H and O–H groups in total. The third-order valence-corrected chi connectivity index (χ3v) is 5.55. The number of hydrazone groups is 1. The fourth-order valence-electron chi connectivity index (χ4n) is 3.50. The van der Waals surface area contributed by atoms with Crippen molar-refractivity contribution in [2.45, 2.75) is 25.1 Å². The molecule has 1 amide bonds. The van der Waals surface area contributed by atoms with Gasteiger partial charge >= 0.3 is 0 Å². The largest absolute Gasteiger partial charge is 0.344 e. The maximum atomic E-state index is 14.7. The highest BCUT2D eigenvalue weighted by atomic mass is 32.1. The molecule has 10 heteroatoms. The van der Waals surface area contributed by atoms with Crippen LogP contribution in [0.3, 0.4) is 0 Å². The van der Waals surface area contributed by atoms with Gasteiger partial charge in [-0.2, -0.15) is 5.10 Å². The van der Waals surface area contributed by atoms with Crippen molar-refractivity contribution in [1.29, 1.82) is 0 Å². The number of carbonyl (C=O) groups excluding carboxylic acids is 1. The van der Waals surface area contributed by atoms with Crippen LogP contribution in [0.1, 0.15) is 24.4 Å². The van der Waals surface area contributed by atoms with Gasteiger partial charge in [-0.05, 0) is 24.1 Å². The van der Waals surface area contributed by atoms with Crippen molar-refractivity contribution in [2.24, 2.45) is 11.0 Å². The average Bonchev–Trinajstić information content (AvgIpc) is 3.32. The van der Waals surface area contributed by atoms with Gasteiger partial charge in [0.1, 0.15) is 23.3 Å².